The number of rotatable bonds is 7. The van der Waals surface area contributed by atoms with Crippen LogP contribution in [-0.2, 0) is 0 Å². The van der Waals surface area contributed by atoms with Gasteiger partial charge >= 0.3 is 0 Å². The summed E-state index contributed by atoms with van der Waals surface area (Å²) in [5.41, 5.74) is 10.8. The fraction of sp³-hybridized carbons (Fsp3) is 0.0943. The van der Waals surface area contributed by atoms with Crippen molar-refractivity contribution in [2.75, 3.05) is 0 Å². The van der Waals surface area contributed by atoms with Gasteiger partial charge in [-0.1, -0.05) is 124 Å². The predicted molar refractivity (Wildman–Crippen MR) is 245 cm³/mol. The van der Waals surface area contributed by atoms with Crippen LogP contribution in [0.15, 0.2) is 171 Å². The first-order valence-corrected chi connectivity index (χ1v) is 19.8. The van der Waals surface area contributed by atoms with Crippen LogP contribution >= 0.6 is 0 Å². The van der Waals surface area contributed by atoms with Gasteiger partial charge in [0.2, 0.25) is 0 Å². The van der Waals surface area contributed by atoms with E-state index >= 15 is 0 Å². The maximum absolute atomic E-state index is 5.26. The Kier molecular flexibility index (Phi) is 10.3. The molecule has 3 heterocycles. The van der Waals surface area contributed by atoms with E-state index in [4.69, 9.17) is 9.97 Å². The number of allylic oxidation sites excluding steroid dienone is 5. The number of hydrogen-bond donors (Lipinski definition) is 0. The molecule has 3 aromatic heterocycles. The quantitative estimate of drug-likeness (QED) is 0.153. The third-order valence-corrected chi connectivity index (χ3v) is 10.5. The monoisotopic (exact) mass is 738 g/mol. The van der Waals surface area contributed by atoms with Crippen LogP contribution in [0.5, 0.6) is 0 Å². The summed E-state index contributed by atoms with van der Waals surface area (Å²) < 4.78 is 4.65. The van der Waals surface area contributed by atoms with Gasteiger partial charge in [-0.3, -0.25) is 0 Å². The summed E-state index contributed by atoms with van der Waals surface area (Å²) in [6.07, 6.45) is 14.7. The second-order valence-corrected chi connectivity index (χ2v) is 13.7. The highest BCUT2D eigenvalue weighted by Crippen LogP contribution is 2.33. The van der Waals surface area contributed by atoms with E-state index in [-0.39, 0.29) is 0 Å². The summed E-state index contributed by atoms with van der Waals surface area (Å²) in [6, 6.07) is 47.4. The summed E-state index contributed by atoms with van der Waals surface area (Å²) in [7, 11) is 0. The molecule has 0 amide bonds. The van der Waals surface area contributed by atoms with Crippen molar-refractivity contribution in [3.05, 3.63) is 187 Å². The minimum absolute atomic E-state index is 0.693. The fourth-order valence-corrected chi connectivity index (χ4v) is 7.98. The Morgan fingerprint density at radius 3 is 2.11 bits per heavy atom. The fourth-order valence-electron chi connectivity index (χ4n) is 7.98. The standard InChI is InChI=1S/C51H40N4.C2H6/c1-5-14-34(7-3)37-20-21-39-33-40(23-22-38(39)32-37)48-45-18-12-13-19-46(45)52-51(53-48)36-24-27-42(28-25-36)55-47(15-6-2)43(8-4)44-29-26-35-30-31-54(49(35)50(44)55)41-16-10-9-11-17-41;1-2/h5-33H,2H2,1,3-4H3;1-2H3/b14-5-,34-7+,43-8-,47-15+;. The molecule has 0 aliphatic rings. The maximum atomic E-state index is 5.26. The Balaban J connectivity index is 0.00000224. The minimum atomic E-state index is 0.693. The Morgan fingerprint density at radius 2 is 1.35 bits per heavy atom. The number of nitrogens with zero attached hydrogens (tertiary/aromatic N) is 4. The van der Waals surface area contributed by atoms with Crippen LogP contribution in [0, 0.1) is 0 Å². The Labute approximate surface area is 334 Å². The van der Waals surface area contributed by atoms with Gasteiger partial charge in [0, 0.05) is 50.1 Å². The van der Waals surface area contributed by atoms with Crippen LogP contribution in [0.25, 0.3) is 95.2 Å². The zero-order valence-electron chi connectivity index (χ0n) is 33.2. The van der Waals surface area contributed by atoms with Gasteiger partial charge in [-0.15, -0.1) is 0 Å². The van der Waals surface area contributed by atoms with Crippen molar-refractivity contribution < 1.29 is 0 Å². The number of benzene rings is 6. The van der Waals surface area contributed by atoms with E-state index in [0.717, 1.165) is 55.5 Å². The normalized spacial score (nSPS) is 12.6. The van der Waals surface area contributed by atoms with E-state index in [0.29, 0.717) is 5.82 Å². The molecule has 0 bridgehead atoms. The van der Waals surface area contributed by atoms with Crippen molar-refractivity contribution in [3.8, 4) is 34.0 Å². The third-order valence-electron chi connectivity index (χ3n) is 10.5. The van der Waals surface area contributed by atoms with E-state index in [9.17, 15) is 0 Å². The van der Waals surface area contributed by atoms with E-state index in [1.54, 1.807) is 0 Å². The molecule has 0 radical (unpaired) electrons. The van der Waals surface area contributed by atoms with Gasteiger partial charge in [-0.05, 0) is 109 Å². The van der Waals surface area contributed by atoms with Crippen LogP contribution < -0.4 is 10.6 Å². The lowest BCUT2D eigenvalue weighted by Crippen LogP contribution is -2.27. The van der Waals surface area contributed by atoms with E-state index in [1.165, 1.54) is 37.9 Å². The van der Waals surface area contributed by atoms with Gasteiger partial charge < -0.3 is 9.13 Å². The summed E-state index contributed by atoms with van der Waals surface area (Å²) in [5.74, 6) is 0.693. The van der Waals surface area contributed by atoms with Gasteiger partial charge in [0.05, 0.1) is 27.6 Å². The van der Waals surface area contributed by atoms with Crippen LogP contribution in [0.3, 0.4) is 0 Å². The zero-order chi connectivity index (χ0) is 39.5. The van der Waals surface area contributed by atoms with Crippen molar-refractivity contribution in [2.45, 2.75) is 34.6 Å². The molecule has 0 spiro atoms. The SMILES string of the molecule is C=C/C=c1\c(=C/C)c2ccc3ccn(-c4ccccc4)c3c2n1-c1ccc(-c2nc(-c3ccc4cc(C(/C=C\C)=C/C)ccc4c3)c3ccccc3n2)cc1.CC. The molecule has 4 nitrogen and oxygen atoms in total. The lowest BCUT2D eigenvalue weighted by molar-refractivity contribution is 1.06. The molecule has 0 atom stereocenters. The summed E-state index contributed by atoms with van der Waals surface area (Å²) in [5, 5.41) is 8.04. The molecule has 57 heavy (non-hydrogen) atoms. The van der Waals surface area contributed by atoms with Gasteiger partial charge in [-0.25, -0.2) is 9.97 Å². The van der Waals surface area contributed by atoms with E-state index in [2.05, 4.69) is 200 Å². The maximum Gasteiger partial charge on any atom is 0.160 e. The molecule has 9 rings (SSSR count). The van der Waals surface area contributed by atoms with Crippen molar-refractivity contribution >= 4 is 61.2 Å². The molecule has 0 unspecified atom stereocenters. The molecule has 9 aromatic rings. The summed E-state index contributed by atoms with van der Waals surface area (Å²) in [4.78, 5) is 10.4. The zero-order valence-corrected chi connectivity index (χ0v) is 33.2. The van der Waals surface area contributed by atoms with Crippen molar-refractivity contribution in [3.63, 3.8) is 0 Å². The minimum Gasteiger partial charge on any atom is -0.315 e. The van der Waals surface area contributed by atoms with E-state index in [1.807, 2.05) is 26.0 Å². The first-order valence-electron chi connectivity index (χ1n) is 19.8. The molecule has 0 saturated heterocycles. The molecule has 0 fully saturated rings. The average Bonchev–Trinajstić information content (AvgIpc) is 3.85. The Morgan fingerprint density at radius 1 is 0.632 bits per heavy atom. The highest BCUT2D eigenvalue weighted by atomic mass is 15.0. The lowest BCUT2D eigenvalue weighted by Gasteiger charge is -2.13. The van der Waals surface area contributed by atoms with Crippen molar-refractivity contribution in [1.82, 2.24) is 19.1 Å². The second kappa shape index (κ2) is 16.0. The number of fused-ring (bicyclic) bond motifs is 5. The topological polar surface area (TPSA) is 35.6 Å². The van der Waals surface area contributed by atoms with E-state index < -0.39 is 0 Å². The molecule has 6 aromatic carbocycles. The number of aromatic nitrogens is 4. The molecule has 278 valence electrons. The van der Waals surface area contributed by atoms with Crippen molar-refractivity contribution in [1.29, 1.82) is 0 Å². The average molecular weight is 739 g/mol. The van der Waals surface area contributed by atoms with Crippen LogP contribution in [-0.4, -0.2) is 19.1 Å². The van der Waals surface area contributed by atoms with Gasteiger partial charge in [0.1, 0.15) is 0 Å². The predicted octanol–water partition coefficient (Wildman–Crippen LogP) is 12.8. The molecule has 0 N–H and O–H groups in total. The van der Waals surface area contributed by atoms with Crippen molar-refractivity contribution in [2.24, 2.45) is 0 Å². The number of hydrogen-bond acceptors (Lipinski definition) is 2. The first-order chi connectivity index (χ1) is 28.1. The Bertz CT molecular complexity index is 3120. The highest BCUT2D eigenvalue weighted by Gasteiger charge is 2.17. The largest absolute Gasteiger partial charge is 0.315 e. The van der Waals surface area contributed by atoms with Gasteiger partial charge in [0.15, 0.2) is 5.82 Å². The third kappa shape index (κ3) is 6.59. The van der Waals surface area contributed by atoms with Crippen LogP contribution in [0.4, 0.5) is 0 Å². The highest BCUT2D eigenvalue weighted by molar-refractivity contribution is 6.06. The summed E-state index contributed by atoms with van der Waals surface area (Å²) in [6.45, 7) is 14.3. The molecule has 4 heteroatoms. The molecule has 0 aliphatic heterocycles. The first kappa shape index (κ1) is 36.9. The molecule has 0 aliphatic carbocycles. The molecular formula is C53H46N4. The lowest BCUT2D eigenvalue weighted by atomic mass is 9.98. The molecular weight excluding hydrogens is 693 g/mol. The van der Waals surface area contributed by atoms with Crippen LogP contribution in [0.2, 0.25) is 0 Å². The molecule has 0 saturated carbocycles. The van der Waals surface area contributed by atoms with Gasteiger partial charge in [-0.2, -0.15) is 0 Å². The van der Waals surface area contributed by atoms with Crippen LogP contribution in [0.1, 0.15) is 40.2 Å². The smallest absolute Gasteiger partial charge is 0.160 e. The Hall–Kier alpha value is -7.04. The summed E-state index contributed by atoms with van der Waals surface area (Å²) >= 11 is 0. The van der Waals surface area contributed by atoms with Gasteiger partial charge in [0.25, 0.3) is 0 Å². The second-order valence-electron chi connectivity index (χ2n) is 13.7. The number of para-hydroxylation sites is 2.